The predicted octanol–water partition coefficient (Wildman–Crippen LogP) is 3.76. The molecule has 2 aromatic carbocycles. The lowest BCUT2D eigenvalue weighted by Gasteiger charge is -2.37. The summed E-state index contributed by atoms with van der Waals surface area (Å²) in [5.41, 5.74) is 1.69. The predicted molar refractivity (Wildman–Crippen MR) is 102 cm³/mol. The molecule has 0 N–H and O–H groups in total. The van der Waals surface area contributed by atoms with Crippen LogP contribution in [0.4, 0.5) is 15.9 Å². The van der Waals surface area contributed by atoms with Gasteiger partial charge in [-0.25, -0.2) is 14.4 Å². The first kappa shape index (κ1) is 16.8. The van der Waals surface area contributed by atoms with Crippen LogP contribution in [0.3, 0.4) is 0 Å². The highest BCUT2D eigenvalue weighted by molar-refractivity contribution is 6.30. The van der Waals surface area contributed by atoms with E-state index in [0.717, 1.165) is 48.1 Å². The molecule has 0 atom stereocenters. The van der Waals surface area contributed by atoms with Crippen molar-refractivity contribution in [2.24, 2.45) is 0 Å². The summed E-state index contributed by atoms with van der Waals surface area (Å²) in [5, 5.41) is 1.53. The number of benzene rings is 2. The van der Waals surface area contributed by atoms with Gasteiger partial charge in [0, 0.05) is 48.3 Å². The summed E-state index contributed by atoms with van der Waals surface area (Å²) in [5.74, 6) is 0.584. The fraction of sp³-hybridized carbons (Fsp3) is 0.263. The van der Waals surface area contributed by atoms with Crippen molar-refractivity contribution in [3.63, 3.8) is 0 Å². The minimum Gasteiger partial charge on any atom is -0.494 e. The first-order chi connectivity index (χ1) is 12.7. The Morgan fingerprint density at radius 2 is 1.81 bits per heavy atom. The lowest BCUT2D eigenvalue weighted by molar-refractivity contribution is 0.387. The molecule has 26 heavy (non-hydrogen) atoms. The Morgan fingerprint density at radius 3 is 2.54 bits per heavy atom. The molecular formula is C19H18ClFN4O. The molecule has 3 aromatic rings. The second-order valence-electron chi connectivity index (χ2n) is 6.16. The summed E-state index contributed by atoms with van der Waals surface area (Å²) in [6.07, 6.45) is 1.48. The van der Waals surface area contributed by atoms with Crippen LogP contribution >= 0.6 is 11.6 Å². The van der Waals surface area contributed by atoms with Gasteiger partial charge in [-0.1, -0.05) is 17.7 Å². The zero-order chi connectivity index (χ0) is 18.1. The van der Waals surface area contributed by atoms with Crippen LogP contribution in [-0.2, 0) is 0 Å². The molecule has 1 fully saturated rings. The van der Waals surface area contributed by atoms with Crippen LogP contribution in [-0.4, -0.2) is 43.3 Å². The van der Waals surface area contributed by atoms with E-state index in [1.165, 1.54) is 19.5 Å². The van der Waals surface area contributed by atoms with Gasteiger partial charge >= 0.3 is 0 Å². The molecule has 0 radical (unpaired) electrons. The zero-order valence-electron chi connectivity index (χ0n) is 14.3. The van der Waals surface area contributed by atoms with E-state index < -0.39 is 5.82 Å². The van der Waals surface area contributed by atoms with Crippen molar-refractivity contribution in [3.8, 4) is 5.75 Å². The number of hydrogen-bond donors (Lipinski definition) is 0. The summed E-state index contributed by atoms with van der Waals surface area (Å²) in [7, 11) is 1.46. The van der Waals surface area contributed by atoms with Gasteiger partial charge in [0.1, 0.15) is 12.1 Å². The van der Waals surface area contributed by atoms with Crippen LogP contribution < -0.4 is 14.5 Å². The lowest BCUT2D eigenvalue weighted by atomic mass is 10.2. The van der Waals surface area contributed by atoms with Gasteiger partial charge in [0.2, 0.25) is 0 Å². The first-order valence-corrected chi connectivity index (χ1v) is 8.77. The van der Waals surface area contributed by atoms with Crippen LogP contribution in [0, 0.1) is 5.82 Å². The van der Waals surface area contributed by atoms with Crippen molar-refractivity contribution in [1.29, 1.82) is 0 Å². The van der Waals surface area contributed by atoms with E-state index in [1.54, 1.807) is 6.07 Å². The number of piperazine rings is 1. The number of ether oxygens (including phenoxy) is 1. The van der Waals surface area contributed by atoms with Gasteiger partial charge in [-0.15, -0.1) is 0 Å². The highest BCUT2D eigenvalue weighted by atomic mass is 35.5. The molecule has 0 aliphatic carbocycles. The van der Waals surface area contributed by atoms with Gasteiger partial charge in [-0.3, -0.25) is 0 Å². The van der Waals surface area contributed by atoms with Gasteiger partial charge in [0.15, 0.2) is 11.6 Å². The number of anilines is 2. The summed E-state index contributed by atoms with van der Waals surface area (Å²) >= 11 is 6.10. The number of rotatable bonds is 3. The van der Waals surface area contributed by atoms with Crippen molar-refractivity contribution in [2.45, 2.75) is 0 Å². The summed E-state index contributed by atoms with van der Waals surface area (Å²) < 4.78 is 19.1. The van der Waals surface area contributed by atoms with E-state index in [0.29, 0.717) is 5.52 Å². The van der Waals surface area contributed by atoms with Crippen molar-refractivity contribution in [3.05, 3.63) is 53.6 Å². The van der Waals surface area contributed by atoms with Gasteiger partial charge in [-0.2, -0.15) is 0 Å². The summed E-state index contributed by atoms with van der Waals surface area (Å²) in [6, 6.07) is 10.9. The van der Waals surface area contributed by atoms with Crippen molar-refractivity contribution in [2.75, 3.05) is 43.1 Å². The highest BCUT2D eigenvalue weighted by Crippen LogP contribution is 2.30. The number of methoxy groups -OCH3 is 1. The monoisotopic (exact) mass is 372 g/mol. The van der Waals surface area contributed by atoms with E-state index in [4.69, 9.17) is 16.3 Å². The topological polar surface area (TPSA) is 41.5 Å². The van der Waals surface area contributed by atoms with E-state index in [1.807, 2.05) is 18.2 Å². The fourth-order valence-corrected chi connectivity index (χ4v) is 3.49. The molecule has 4 rings (SSSR count). The molecule has 1 aromatic heterocycles. The molecule has 5 nitrogen and oxygen atoms in total. The normalized spacial score (nSPS) is 14.7. The molecule has 1 aliphatic heterocycles. The average Bonchev–Trinajstić information content (AvgIpc) is 2.67. The van der Waals surface area contributed by atoms with Crippen molar-refractivity contribution >= 4 is 34.0 Å². The maximum atomic E-state index is 13.9. The molecule has 0 bridgehead atoms. The number of aromatic nitrogens is 2. The second kappa shape index (κ2) is 6.96. The number of nitrogens with zero attached hydrogens (tertiary/aromatic N) is 4. The third-order valence-corrected chi connectivity index (χ3v) is 4.88. The van der Waals surface area contributed by atoms with E-state index in [2.05, 4.69) is 25.8 Å². The Balaban J connectivity index is 1.59. The molecule has 0 unspecified atom stereocenters. The maximum absolute atomic E-state index is 13.9. The zero-order valence-corrected chi connectivity index (χ0v) is 15.1. The van der Waals surface area contributed by atoms with Crippen molar-refractivity contribution in [1.82, 2.24) is 9.97 Å². The van der Waals surface area contributed by atoms with Crippen LogP contribution in [0.5, 0.6) is 5.75 Å². The molecular weight excluding hydrogens is 355 g/mol. The molecule has 7 heteroatoms. The van der Waals surface area contributed by atoms with E-state index in [9.17, 15) is 4.39 Å². The Labute approximate surface area is 156 Å². The molecule has 1 saturated heterocycles. The minimum atomic E-state index is -0.421. The highest BCUT2D eigenvalue weighted by Gasteiger charge is 2.21. The molecule has 0 amide bonds. The number of hydrogen-bond acceptors (Lipinski definition) is 5. The van der Waals surface area contributed by atoms with Crippen LogP contribution in [0.25, 0.3) is 10.9 Å². The van der Waals surface area contributed by atoms with E-state index in [-0.39, 0.29) is 5.75 Å². The second-order valence-corrected chi connectivity index (χ2v) is 6.59. The average molecular weight is 373 g/mol. The molecule has 134 valence electrons. The van der Waals surface area contributed by atoms with Crippen molar-refractivity contribution < 1.29 is 9.13 Å². The third kappa shape index (κ3) is 3.12. The lowest BCUT2D eigenvalue weighted by Crippen LogP contribution is -2.46. The van der Waals surface area contributed by atoms with Crippen LogP contribution in [0.2, 0.25) is 5.02 Å². The fourth-order valence-electron chi connectivity index (χ4n) is 3.30. The summed E-state index contributed by atoms with van der Waals surface area (Å²) in [4.78, 5) is 13.1. The van der Waals surface area contributed by atoms with Crippen LogP contribution in [0.15, 0.2) is 42.7 Å². The van der Waals surface area contributed by atoms with Gasteiger partial charge in [0.25, 0.3) is 0 Å². The van der Waals surface area contributed by atoms with Gasteiger partial charge in [0.05, 0.1) is 12.6 Å². The first-order valence-electron chi connectivity index (χ1n) is 8.39. The number of fused-ring (bicyclic) bond motifs is 1. The quantitative estimate of drug-likeness (QED) is 0.700. The standard InChI is InChI=1S/C19H18ClFN4O/c1-26-18-10-15-17(11-16(18)21)22-12-23-19(15)25-7-5-24(6-8-25)14-4-2-3-13(20)9-14/h2-4,9-12H,5-8H2,1H3. The largest absolute Gasteiger partial charge is 0.494 e. The Morgan fingerprint density at radius 1 is 1.04 bits per heavy atom. The Kier molecular flexibility index (Phi) is 4.51. The maximum Gasteiger partial charge on any atom is 0.167 e. The van der Waals surface area contributed by atoms with E-state index >= 15 is 0 Å². The molecule has 0 saturated carbocycles. The van der Waals surface area contributed by atoms with Crippen LogP contribution in [0.1, 0.15) is 0 Å². The Bertz CT molecular complexity index is 944. The smallest absolute Gasteiger partial charge is 0.167 e. The molecule has 2 heterocycles. The molecule has 0 spiro atoms. The SMILES string of the molecule is COc1cc2c(N3CCN(c4cccc(Cl)c4)CC3)ncnc2cc1F. The molecule has 1 aliphatic rings. The van der Waals surface area contributed by atoms with Gasteiger partial charge in [-0.05, 0) is 24.3 Å². The third-order valence-electron chi connectivity index (χ3n) is 4.64. The number of halogens is 2. The Hall–Kier alpha value is -2.60. The summed E-state index contributed by atoms with van der Waals surface area (Å²) in [6.45, 7) is 3.31. The minimum absolute atomic E-state index is 0.200. The van der Waals surface area contributed by atoms with Gasteiger partial charge < -0.3 is 14.5 Å².